The average molecular weight is 287 g/mol. The summed E-state index contributed by atoms with van der Waals surface area (Å²) in [6, 6.07) is 5.33. The SMILES string of the molecule is CC.COc1ccc(C(=O)NCc2cncnc2)cc1C. The van der Waals surface area contributed by atoms with Gasteiger partial charge >= 0.3 is 0 Å². The van der Waals surface area contributed by atoms with Crippen LogP contribution in [0.25, 0.3) is 0 Å². The molecule has 0 aliphatic carbocycles. The highest BCUT2D eigenvalue weighted by atomic mass is 16.5. The zero-order chi connectivity index (χ0) is 15.7. The number of methoxy groups -OCH3 is 1. The highest BCUT2D eigenvalue weighted by molar-refractivity contribution is 5.94. The molecule has 0 aliphatic heterocycles. The number of ether oxygens (including phenoxy) is 1. The maximum absolute atomic E-state index is 12.0. The van der Waals surface area contributed by atoms with Gasteiger partial charge in [0.1, 0.15) is 12.1 Å². The summed E-state index contributed by atoms with van der Waals surface area (Å²) in [5.74, 6) is 0.641. The maximum Gasteiger partial charge on any atom is 0.251 e. The molecule has 1 amide bonds. The van der Waals surface area contributed by atoms with Crippen LogP contribution in [-0.4, -0.2) is 23.0 Å². The predicted octanol–water partition coefficient (Wildman–Crippen LogP) is 2.75. The fraction of sp³-hybridized carbons (Fsp3) is 0.312. The van der Waals surface area contributed by atoms with Gasteiger partial charge in [-0.15, -0.1) is 0 Å². The van der Waals surface area contributed by atoms with Crippen LogP contribution in [0.5, 0.6) is 5.75 Å². The van der Waals surface area contributed by atoms with E-state index >= 15 is 0 Å². The summed E-state index contributed by atoms with van der Waals surface area (Å²) in [5.41, 5.74) is 2.40. The summed E-state index contributed by atoms with van der Waals surface area (Å²) in [5, 5.41) is 2.82. The van der Waals surface area contributed by atoms with Crippen LogP contribution in [0.2, 0.25) is 0 Å². The number of carbonyl (C=O) groups excluding carboxylic acids is 1. The second-order valence-corrected chi connectivity index (χ2v) is 4.11. The van der Waals surface area contributed by atoms with Gasteiger partial charge in [-0.3, -0.25) is 4.79 Å². The molecule has 21 heavy (non-hydrogen) atoms. The molecule has 5 heteroatoms. The lowest BCUT2D eigenvalue weighted by molar-refractivity contribution is 0.0950. The van der Waals surface area contributed by atoms with Crippen molar-refractivity contribution in [2.24, 2.45) is 0 Å². The van der Waals surface area contributed by atoms with Crippen LogP contribution in [-0.2, 0) is 6.54 Å². The number of carbonyl (C=O) groups is 1. The molecular weight excluding hydrogens is 266 g/mol. The zero-order valence-corrected chi connectivity index (χ0v) is 12.9. The van der Waals surface area contributed by atoms with Gasteiger partial charge in [-0.1, -0.05) is 13.8 Å². The highest BCUT2D eigenvalue weighted by Gasteiger charge is 2.07. The van der Waals surface area contributed by atoms with Gasteiger partial charge in [0.05, 0.1) is 7.11 Å². The quantitative estimate of drug-likeness (QED) is 0.939. The fourth-order valence-corrected chi connectivity index (χ4v) is 1.73. The second kappa shape index (κ2) is 8.68. The van der Waals surface area contributed by atoms with Crippen LogP contribution >= 0.6 is 0 Å². The van der Waals surface area contributed by atoms with Gasteiger partial charge in [0, 0.05) is 30.1 Å². The van der Waals surface area contributed by atoms with E-state index in [-0.39, 0.29) is 5.91 Å². The Hall–Kier alpha value is -2.43. The van der Waals surface area contributed by atoms with E-state index in [9.17, 15) is 4.79 Å². The molecule has 1 aromatic heterocycles. The third-order valence-corrected chi connectivity index (χ3v) is 2.72. The van der Waals surface area contributed by atoms with Crippen molar-refractivity contribution in [2.75, 3.05) is 7.11 Å². The van der Waals surface area contributed by atoms with Crippen LogP contribution in [0.3, 0.4) is 0 Å². The largest absolute Gasteiger partial charge is 0.496 e. The van der Waals surface area contributed by atoms with Gasteiger partial charge in [-0.05, 0) is 30.7 Å². The first-order valence-corrected chi connectivity index (χ1v) is 6.87. The van der Waals surface area contributed by atoms with E-state index in [0.717, 1.165) is 16.9 Å². The molecule has 1 heterocycles. The molecule has 0 fully saturated rings. The predicted molar refractivity (Wildman–Crippen MR) is 82.3 cm³/mol. The number of rotatable bonds is 4. The summed E-state index contributed by atoms with van der Waals surface area (Å²) >= 11 is 0. The monoisotopic (exact) mass is 287 g/mol. The number of nitrogens with zero attached hydrogens (tertiary/aromatic N) is 2. The van der Waals surface area contributed by atoms with E-state index in [2.05, 4.69) is 15.3 Å². The number of aromatic nitrogens is 2. The van der Waals surface area contributed by atoms with Crippen molar-refractivity contribution >= 4 is 5.91 Å². The summed E-state index contributed by atoms with van der Waals surface area (Å²) in [6.07, 6.45) is 4.80. The Morgan fingerprint density at radius 1 is 1.24 bits per heavy atom. The molecule has 1 N–H and O–H groups in total. The van der Waals surface area contributed by atoms with E-state index in [1.54, 1.807) is 37.7 Å². The Labute approximate surface area is 125 Å². The normalized spacial score (nSPS) is 9.33. The van der Waals surface area contributed by atoms with Crippen LogP contribution in [0.4, 0.5) is 0 Å². The average Bonchev–Trinajstić information content (AvgIpc) is 2.55. The number of amides is 1. The Morgan fingerprint density at radius 2 is 1.90 bits per heavy atom. The molecule has 0 saturated heterocycles. The van der Waals surface area contributed by atoms with Gasteiger partial charge in [-0.25, -0.2) is 9.97 Å². The van der Waals surface area contributed by atoms with Crippen LogP contribution in [0.15, 0.2) is 36.9 Å². The summed E-state index contributed by atoms with van der Waals surface area (Å²) in [7, 11) is 1.61. The number of hydrogen-bond donors (Lipinski definition) is 1. The molecule has 0 bridgehead atoms. The Balaban J connectivity index is 0.00000106. The van der Waals surface area contributed by atoms with Gasteiger partial charge in [-0.2, -0.15) is 0 Å². The number of benzene rings is 1. The van der Waals surface area contributed by atoms with E-state index in [1.165, 1.54) is 6.33 Å². The first kappa shape index (κ1) is 16.6. The van der Waals surface area contributed by atoms with Crippen LogP contribution in [0.1, 0.15) is 35.3 Å². The molecule has 2 aromatic rings. The van der Waals surface area contributed by atoms with E-state index < -0.39 is 0 Å². The van der Waals surface area contributed by atoms with Crippen molar-refractivity contribution in [2.45, 2.75) is 27.3 Å². The molecule has 0 saturated carbocycles. The molecule has 2 rings (SSSR count). The minimum atomic E-state index is -0.130. The van der Waals surface area contributed by atoms with Crippen molar-refractivity contribution in [3.8, 4) is 5.75 Å². The molecule has 0 atom stereocenters. The van der Waals surface area contributed by atoms with Crippen molar-refractivity contribution < 1.29 is 9.53 Å². The Morgan fingerprint density at radius 3 is 2.48 bits per heavy atom. The topological polar surface area (TPSA) is 64.1 Å². The molecule has 5 nitrogen and oxygen atoms in total. The minimum absolute atomic E-state index is 0.130. The van der Waals surface area contributed by atoms with Crippen LogP contribution in [0, 0.1) is 6.92 Å². The summed E-state index contributed by atoms with van der Waals surface area (Å²) in [6.45, 7) is 6.31. The Bertz CT molecular complexity index is 571. The van der Waals surface area contributed by atoms with E-state index in [1.807, 2.05) is 20.8 Å². The molecule has 1 aromatic carbocycles. The first-order valence-electron chi connectivity index (χ1n) is 6.87. The van der Waals surface area contributed by atoms with Gasteiger partial charge in [0.25, 0.3) is 5.91 Å². The molecule has 0 aliphatic rings. The Kier molecular flexibility index (Phi) is 6.87. The summed E-state index contributed by atoms with van der Waals surface area (Å²) in [4.78, 5) is 19.8. The highest BCUT2D eigenvalue weighted by Crippen LogP contribution is 2.18. The third kappa shape index (κ3) is 4.87. The summed E-state index contributed by atoms with van der Waals surface area (Å²) < 4.78 is 5.16. The third-order valence-electron chi connectivity index (χ3n) is 2.72. The lowest BCUT2D eigenvalue weighted by atomic mass is 10.1. The van der Waals surface area contributed by atoms with Crippen LogP contribution < -0.4 is 10.1 Å². The van der Waals surface area contributed by atoms with E-state index in [0.29, 0.717) is 12.1 Å². The van der Waals surface area contributed by atoms with Gasteiger partial charge < -0.3 is 10.1 Å². The molecule has 112 valence electrons. The number of nitrogens with one attached hydrogen (secondary N) is 1. The van der Waals surface area contributed by atoms with Crippen molar-refractivity contribution in [1.82, 2.24) is 15.3 Å². The lowest BCUT2D eigenvalue weighted by Crippen LogP contribution is -2.23. The smallest absolute Gasteiger partial charge is 0.251 e. The minimum Gasteiger partial charge on any atom is -0.496 e. The van der Waals surface area contributed by atoms with E-state index in [4.69, 9.17) is 4.74 Å². The second-order valence-electron chi connectivity index (χ2n) is 4.11. The molecule has 0 spiro atoms. The first-order chi connectivity index (χ1) is 10.2. The zero-order valence-electron chi connectivity index (χ0n) is 12.9. The van der Waals surface area contributed by atoms with Gasteiger partial charge in [0.15, 0.2) is 0 Å². The molecular formula is C16H21N3O2. The molecule has 0 radical (unpaired) electrons. The van der Waals surface area contributed by atoms with Gasteiger partial charge in [0.2, 0.25) is 0 Å². The molecule has 0 unspecified atom stereocenters. The lowest BCUT2D eigenvalue weighted by Gasteiger charge is -2.08. The number of aryl methyl sites for hydroxylation is 1. The number of hydrogen-bond acceptors (Lipinski definition) is 4. The fourth-order valence-electron chi connectivity index (χ4n) is 1.73. The standard InChI is InChI=1S/C14H15N3O2.C2H6/c1-10-5-12(3-4-13(10)19-2)14(18)17-8-11-6-15-9-16-7-11;1-2/h3-7,9H,8H2,1-2H3,(H,17,18);1-2H3. The van der Waals surface area contributed by atoms with Crippen molar-refractivity contribution in [3.63, 3.8) is 0 Å². The maximum atomic E-state index is 12.0. The van der Waals surface area contributed by atoms with Crippen molar-refractivity contribution in [3.05, 3.63) is 53.6 Å². The van der Waals surface area contributed by atoms with Crippen molar-refractivity contribution in [1.29, 1.82) is 0 Å².